The summed E-state index contributed by atoms with van der Waals surface area (Å²) in [6.45, 7) is 20.6. The topological polar surface area (TPSA) is 47.0 Å². The number of hydrogen-bond acceptors (Lipinski definition) is 4. The number of rotatable bonds is 14. The Morgan fingerprint density at radius 1 is 1.15 bits per heavy atom. The van der Waals surface area contributed by atoms with Crippen molar-refractivity contribution >= 4 is 29.0 Å². The van der Waals surface area contributed by atoms with Gasteiger partial charge in [0.1, 0.15) is 11.6 Å². The van der Waals surface area contributed by atoms with Gasteiger partial charge >= 0.3 is 0 Å². The van der Waals surface area contributed by atoms with Gasteiger partial charge in [0.2, 0.25) is 0 Å². The molecule has 0 aromatic carbocycles. The molecular weight excluding hydrogens is 426 g/mol. The maximum atomic E-state index is 13.0. The third kappa shape index (κ3) is 8.96. The van der Waals surface area contributed by atoms with Crippen LogP contribution in [0.2, 0.25) is 0 Å². The third-order valence-electron chi connectivity index (χ3n) is 7.57. The summed E-state index contributed by atoms with van der Waals surface area (Å²) < 4.78 is 0. The average Bonchev–Trinajstić information content (AvgIpc) is 3.19. The summed E-state index contributed by atoms with van der Waals surface area (Å²) in [5.74, 6) is 1.26. The minimum absolute atomic E-state index is 0.0426. The number of thiazole rings is 1. The van der Waals surface area contributed by atoms with Crippen LogP contribution in [0.15, 0.2) is 22.6 Å². The van der Waals surface area contributed by atoms with E-state index in [1.807, 2.05) is 20.8 Å². The molecule has 0 aliphatic rings. The highest BCUT2D eigenvalue weighted by Crippen LogP contribution is 2.33. The molecule has 0 bridgehead atoms. The van der Waals surface area contributed by atoms with E-state index >= 15 is 0 Å². The molecule has 1 rings (SSSR count). The molecule has 0 N–H and O–H groups in total. The van der Waals surface area contributed by atoms with Crippen LogP contribution >= 0.6 is 11.3 Å². The number of aryl methyl sites for hydroxylation is 1. The van der Waals surface area contributed by atoms with Gasteiger partial charge in [-0.2, -0.15) is 0 Å². The van der Waals surface area contributed by atoms with Crippen LogP contribution in [0.5, 0.6) is 0 Å². The lowest BCUT2D eigenvalue weighted by molar-refractivity contribution is -0.142. The summed E-state index contributed by atoms with van der Waals surface area (Å²) in [5.41, 5.74) is 3.01. The third-order valence-corrected chi connectivity index (χ3v) is 8.37. The van der Waals surface area contributed by atoms with E-state index in [0.717, 1.165) is 36.4 Å². The van der Waals surface area contributed by atoms with Crippen molar-refractivity contribution in [1.29, 1.82) is 0 Å². The first-order valence-corrected chi connectivity index (χ1v) is 13.5. The van der Waals surface area contributed by atoms with Crippen molar-refractivity contribution in [3.8, 4) is 0 Å². The van der Waals surface area contributed by atoms with Gasteiger partial charge in [0, 0.05) is 17.7 Å². The van der Waals surface area contributed by atoms with E-state index in [0.29, 0.717) is 18.3 Å². The van der Waals surface area contributed by atoms with Gasteiger partial charge in [-0.15, -0.1) is 11.3 Å². The van der Waals surface area contributed by atoms with Crippen LogP contribution in [0.4, 0.5) is 0 Å². The molecule has 1 aromatic rings. The number of carbonyl (C=O) groups excluding carboxylic acids is 2. The zero-order valence-electron chi connectivity index (χ0n) is 22.7. The molecule has 3 nitrogen and oxygen atoms in total. The predicted octanol–water partition coefficient (Wildman–Crippen LogP) is 8.48. The zero-order chi connectivity index (χ0) is 25.3. The first-order chi connectivity index (χ1) is 15.3. The number of hydrogen-bond donors (Lipinski definition) is 0. The van der Waals surface area contributed by atoms with Crippen LogP contribution in [0.25, 0.3) is 6.08 Å². The van der Waals surface area contributed by atoms with Gasteiger partial charge in [-0.3, -0.25) is 9.59 Å². The fraction of sp³-hybridized carbons (Fsp3) is 0.690. The fourth-order valence-electron chi connectivity index (χ4n) is 4.33. The lowest BCUT2D eigenvalue weighted by Crippen LogP contribution is -2.39. The van der Waals surface area contributed by atoms with E-state index in [1.165, 1.54) is 11.1 Å². The fourth-order valence-corrected chi connectivity index (χ4v) is 4.90. The Morgan fingerprint density at radius 3 is 2.33 bits per heavy atom. The number of allylic oxidation sites excluding steroid dienone is 3. The second kappa shape index (κ2) is 13.4. The molecule has 0 radical (unpaired) electrons. The molecule has 0 amide bonds. The predicted molar refractivity (Wildman–Crippen MR) is 143 cm³/mol. The van der Waals surface area contributed by atoms with Crippen molar-refractivity contribution in [2.24, 2.45) is 29.1 Å². The molecule has 0 saturated carbocycles. The highest BCUT2D eigenvalue weighted by Gasteiger charge is 2.39. The Kier molecular flexibility index (Phi) is 11.9. The van der Waals surface area contributed by atoms with Crippen LogP contribution in [-0.4, -0.2) is 16.6 Å². The monoisotopic (exact) mass is 473 g/mol. The highest BCUT2D eigenvalue weighted by molar-refractivity contribution is 7.09. The maximum absolute atomic E-state index is 13.0. The molecule has 0 aliphatic carbocycles. The summed E-state index contributed by atoms with van der Waals surface area (Å²) in [7, 11) is 0. The normalized spacial score (nSPS) is 16.9. The molecule has 0 spiro atoms. The first kappa shape index (κ1) is 29.5. The molecule has 186 valence electrons. The lowest BCUT2D eigenvalue weighted by atomic mass is 9.71. The molecule has 4 atom stereocenters. The molecule has 0 unspecified atom stereocenters. The number of Topliss-reactive ketones (excluding diaryl/α,β-unsaturated/α-hetero) is 2. The zero-order valence-corrected chi connectivity index (χ0v) is 23.6. The van der Waals surface area contributed by atoms with Crippen LogP contribution in [0.1, 0.15) is 105 Å². The number of carbonyl (C=O) groups is 2. The van der Waals surface area contributed by atoms with Gasteiger partial charge in [-0.05, 0) is 77.7 Å². The second-order valence-corrected chi connectivity index (χ2v) is 11.7. The molecule has 4 heteroatoms. The lowest BCUT2D eigenvalue weighted by Gasteiger charge is -2.31. The van der Waals surface area contributed by atoms with Gasteiger partial charge in [0.05, 0.1) is 16.1 Å². The van der Waals surface area contributed by atoms with E-state index in [2.05, 4.69) is 57.1 Å². The van der Waals surface area contributed by atoms with Gasteiger partial charge < -0.3 is 0 Å². The number of aromatic nitrogens is 1. The molecule has 0 saturated heterocycles. The Hall–Kier alpha value is -1.55. The molecular formula is C29H47NO2S. The van der Waals surface area contributed by atoms with Gasteiger partial charge in [0.25, 0.3) is 0 Å². The Labute approximate surface area is 207 Å². The van der Waals surface area contributed by atoms with Crippen molar-refractivity contribution in [3.63, 3.8) is 0 Å². The van der Waals surface area contributed by atoms with E-state index in [-0.39, 0.29) is 23.4 Å². The van der Waals surface area contributed by atoms with Crippen molar-refractivity contribution < 1.29 is 9.59 Å². The Balaban J connectivity index is 2.52. The van der Waals surface area contributed by atoms with Gasteiger partial charge in [-0.25, -0.2) is 4.98 Å². The summed E-state index contributed by atoms with van der Waals surface area (Å²) in [6, 6.07) is 0. The van der Waals surface area contributed by atoms with Crippen molar-refractivity contribution in [3.05, 3.63) is 33.3 Å². The smallest absolute Gasteiger partial charge is 0.148 e. The van der Waals surface area contributed by atoms with Crippen molar-refractivity contribution in [1.82, 2.24) is 4.98 Å². The summed E-state index contributed by atoms with van der Waals surface area (Å²) >= 11 is 1.69. The van der Waals surface area contributed by atoms with Gasteiger partial charge in [0.15, 0.2) is 0 Å². The van der Waals surface area contributed by atoms with Gasteiger partial charge in [-0.1, -0.05) is 58.3 Å². The minimum atomic E-state index is -0.872. The molecule has 33 heavy (non-hydrogen) atoms. The van der Waals surface area contributed by atoms with Crippen LogP contribution in [0.3, 0.4) is 0 Å². The quantitative estimate of drug-likeness (QED) is 0.201. The highest BCUT2D eigenvalue weighted by atomic mass is 32.1. The van der Waals surface area contributed by atoms with E-state index in [1.54, 1.807) is 25.2 Å². The maximum Gasteiger partial charge on any atom is 0.148 e. The molecule has 0 fully saturated rings. The summed E-state index contributed by atoms with van der Waals surface area (Å²) in [4.78, 5) is 29.7. The SMILES string of the molecule is CCC(=O)C(C)(C)C(=O)[C@H](C)[C@@H](C)[C@@H](C)CCC/C(C)=C\C[C@H](C)/C(C)=C/c1csc(C)n1. The summed E-state index contributed by atoms with van der Waals surface area (Å²) in [5, 5.41) is 3.23. The van der Waals surface area contributed by atoms with E-state index in [4.69, 9.17) is 0 Å². The Morgan fingerprint density at radius 2 is 1.79 bits per heavy atom. The minimum Gasteiger partial charge on any atom is -0.299 e. The Bertz CT molecular complexity index is 846. The number of ketones is 2. The first-order valence-electron chi connectivity index (χ1n) is 12.6. The molecule has 0 aliphatic heterocycles. The van der Waals surface area contributed by atoms with E-state index in [9.17, 15) is 9.59 Å². The standard InChI is InChI=1S/C29H47NO2S/c1-11-27(31)29(9,10)28(32)24(7)23(6)21(4)14-12-13-19(2)15-16-20(3)22(5)17-26-18-33-25(8)30-26/h15,17-18,20-21,23-24H,11-14,16H2,1-10H3/b19-15-,22-17+/t20-,21-,23-,24+/m0/s1. The largest absolute Gasteiger partial charge is 0.299 e. The van der Waals surface area contributed by atoms with E-state index < -0.39 is 5.41 Å². The van der Waals surface area contributed by atoms with Crippen molar-refractivity contribution in [2.45, 2.75) is 101 Å². The van der Waals surface area contributed by atoms with Crippen LogP contribution in [-0.2, 0) is 9.59 Å². The second-order valence-electron chi connectivity index (χ2n) is 10.7. The number of nitrogens with zero attached hydrogens (tertiary/aromatic N) is 1. The molecule has 1 heterocycles. The average molecular weight is 474 g/mol. The van der Waals surface area contributed by atoms with Crippen LogP contribution < -0.4 is 0 Å². The summed E-state index contributed by atoms with van der Waals surface area (Å²) in [6.07, 6.45) is 9.39. The molecule has 1 aromatic heterocycles. The van der Waals surface area contributed by atoms with Crippen LogP contribution in [0, 0.1) is 36.0 Å². The van der Waals surface area contributed by atoms with Crippen molar-refractivity contribution in [2.75, 3.05) is 0 Å².